The quantitative estimate of drug-likeness (QED) is 0.620. The number of hydrogen-bond acceptors (Lipinski definition) is 4. The van der Waals surface area contributed by atoms with Gasteiger partial charge in [0.25, 0.3) is 0 Å². The van der Waals surface area contributed by atoms with E-state index in [1.54, 1.807) is 7.11 Å². The summed E-state index contributed by atoms with van der Waals surface area (Å²) in [5, 5.41) is 0. The molecule has 1 aromatic rings. The zero-order valence-corrected chi connectivity index (χ0v) is 11.6. The molecule has 0 aromatic heterocycles. The van der Waals surface area contributed by atoms with E-state index in [0.717, 1.165) is 21.7 Å². The summed E-state index contributed by atoms with van der Waals surface area (Å²) in [6.07, 6.45) is 0. The van der Waals surface area contributed by atoms with Gasteiger partial charge < -0.3 is 14.2 Å². The van der Waals surface area contributed by atoms with Gasteiger partial charge in [-0.3, -0.25) is 0 Å². The fraction of sp³-hybridized carbons (Fsp3) is 0.455. The smallest absolute Gasteiger partial charge is 0.133 e. The lowest BCUT2D eigenvalue weighted by Crippen LogP contribution is -2.08. The van der Waals surface area contributed by atoms with Crippen LogP contribution in [0.4, 0.5) is 0 Å². The summed E-state index contributed by atoms with van der Waals surface area (Å²) < 4.78 is 16.7. The van der Waals surface area contributed by atoms with Gasteiger partial charge in [0.2, 0.25) is 0 Å². The van der Waals surface area contributed by atoms with Crippen molar-refractivity contribution in [3.05, 3.63) is 22.7 Å². The van der Waals surface area contributed by atoms with Crippen molar-refractivity contribution in [3.63, 3.8) is 0 Å². The maximum atomic E-state index is 5.53. The lowest BCUT2D eigenvalue weighted by Gasteiger charge is -2.09. The minimum Gasteiger partial charge on any atom is -0.497 e. The van der Waals surface area contributed by atoms with Gasteiger partial charge in [-0.15, -0.1) is 0 Å². The van der Waals surface area contributed by atoms with E-state index >= 15 is 0 Å². The number of thiol groups is 1. The van der Waals surface area contributed by atoms with Gasteiger partial charge in [0, 0.05) is 5.75 Å². The van der Waals surface area contributed by atoms with E-state index in [9.17, 15) is 0 Å². The Bertz CT molecular complexity index is 320. The fourth-order valence-corrected chi connectivity index (χ4v) is 1.70. The lowest BCUT2D eigenvalue weighted by molar-refractivity contribution is 0.112. The third-order valence-electron chi connectivity index (χ3n) is 1.86. The molecule has 0 heterocycles. The van der Waals surface area contributed by atoms with Crippen LogP contribution < -0.4 is 9.47 Å². The molecule has 0 aliphatic carbocycles. The molecule has 5 heteroatoms. The Balaban J connectivity index is 2.36. The van der Waals surface area contributed by atoms with Crippen molar-refractivity contribution < 1.29 is 14.2 Å². The second kappa shape index (κ2) is 7.81. The van der Waals surface area contributed by atoms with Crippen molar-refractivity contribution >= 4 is 28.6 Å². The van der Waals surface area contributed by atoms with Crippen LogP contribution in [-0.2, 0) is 4.74 Å². The van der Waals surface area contributed by atoms with Gasteiger partial charge in [-0.2, -0.15) is 12.6 Å². The summed E-state index contributed by atoms with van der Waals surface area (Å²) in [6.45, 7) is 1.74. The predicted octanol–water partition coefficient (Wildman–Crippen LogP) is 2.78. The maximum absolute atomic E-state index is 5.53. The fourth-order valence-electron chi connectivity index (χ4n) is 1.10. The molecular formula is C11H15BrO3S. The third kappa shape index (κ3) is 4.63. The van der Waals surface area contributed by atoms with Crippen LogP contribution in [0.2, 0.25) is 0 Å². The number of ether oxygens (including phenoxy) is 3. The normalized spacial score (nSPS) is 10.2. The molecule has 0 N–H and O–H groups in total. The molecule has 3 nitrogen and oxygen atoms in total. The molecule has 1 aromatic carbocycles. The first kappa shape index (κ1) is 13.7. The lowest BCUT2D eigenvalue weighted by atomic mass is 10.3. The van der Waals surface area contributed by atoms with Crippen LogP contribution in [0.25, 0.3) is 0 Å². The molecule has 0 bridgehead atoms. The Kier molecular flexibility index (Phi) is 6.68. The van der Waals surface area contributed by atoms with Gasteiger partial charge in [0.15, 0.2) is 0 Å². The molecule has 0 aliphatic heterocycles. The molecule has 0 radical (unpaired) electrons. The highest BCUT2D eigenvalue weighted by atomic mass is 79.9. The highest BCUT2D eigenvalue weighted by molar-refractivity contribution is 9.10. The molecule has 0 spiro atoms. The average Bonchev–Trinajstić information content (AvgIpc) is 2.30. The highest BCUT2D eigenvalue weighted by Gasteiger charge is 2.02. The van der Waals surface area contributed by atoms with Crippen molar-refractivity contribution in [2.75, 3.05) is 32.7 Å². The van der Waals surface area contributed by atoms with Gasteiger partial charge in [0.1, 0.15) is 18.1 Å². The van der Waals surface area contributed by atoms with E-state index in [1.165, 1.54) is 0 Å². The van der Waals surface area contributed by atoms with Crippen molar-refractivity contribution in [3.8, 4) is 11.5 Å². The van der Waals surface area contributed by atoms with Crippen LogP contribution >= 0.6 is 28.6 Å². The number of hydrogen-bond donors (Lipinski definition) is 1. The van der Waals surface area contributed by atoms with E-state index in [-0.39, 0.29) is 0 Å². The molecule has 0 saturated heterocycles. The van der Waals surface area contributed by atoms with Crippen LogP contribution in [0.1, 0.15) is 0 Å². The Morgan fingerprint density at radius 2 is 2.06 bits per heavy atom. The summed E-state index contributed by atoms with van der Waals surface area (Å²) in [7, 11) is 1.63. The first-order chi connectivity index (χ1) is 7.77. The first-order valence-corrected chi connectivity index (χ1v) is 6.35. The topological polar surface area (TPSA) is 27.7 Å². The molecule has 16 heavy (non-hydrogen) atoms. The summed E-state index contributed by atoms with van der Waals surface area (Å²) in [5.41, 5.74) is 0. The van der Waals surface area contributed by atoms with Crippen molar-refractivity contribution in [1.29, 1.82) is 0 Å². The zero-order valence-electron chi connectivity index (χ0n) is 9.11. The van der Waals surface area contributed by atoms with E-state index in [2.05, 4.69) is 28.6 Å². The highest BCUT2D eigenvalue weighted by Crippen LogP contribution is 2.28. The Morgan fingerprint density at radius 3 is 2.69 bits per heavy atom. The van der Waals surface area contributed by atoms with E-state index in [0.29, 0.717) is 19.8 Å². The summed E-state index contributed by atoms with van der Waals surface area (Å²) in [5.74, 6) is 2.31. The molecule has 1 rings (SSSR count). The van der Waals surface area contributed by atoms with Gasteiger partial charge in [0.05, 0.1) is 24.8 Å². The molecule has 0 unspecified atom stereocenters. The molecule has 0 atom stereocenters. The number of methoxy groups -OCH3 is 1. The second-order valence-corrected chi connectivity index (χ2v) is 4.28. The van der Waals surface area contributed by atoms with E-state index < -0.39 is 0 Å². The van der Waals surface area contributed by atoms with Crippen LogP contribution in [0.5, 0.6) is 11.5 Å². The molecule has 90 valence electrons. The molecular weight excluding hydrogens is 292 g/mol. The monoisotopic (exact) mass is 306 g/mol. The van der Waals surface area contributed by atoms with Crippen molar-refractivity contribution in [2.45, 2.75) is 0 Å². The zero-order chi connectivity index (χ0) is 11.8. The Labute approximate surface area is 110 Å². The standard InChI is InChI=1S/C11H15BrO3S/c1-13-9-2-3-11(10(12)8-9)15-5-4-14-6-7-16/h2-3,8,16H,4-7H2,1H3. The minimum absolute atomic E-state index is 0.526. The number of rotatable bonds is 7. The predicted molar refractivity (Wildman–Crippen MR) is 70.9 cm³/mol. The van der Waals surface area contributed by atoms with Crippen molar-refractivity contribution in [2.24, 2.45) is 0 Å². The van der Waals surface area contributed by atoms with E-state index in [4.69, 9.17) is 14.2 Å². The summed E-state index contributed by atoms with van der Waals surface area (Å²) in [4.78, 5) is 0. The second-order valence-electron chi connectivity index (χ2n) is 2.98. The van der Waals surface area contributed by atoms with Gasteiger partial charge in [-0.25, -0.2) is 0 Å². The molecule has 0 fully saturated rings. The van der Waals surface area contributed by atoms with Crippen LogP contribution in [0.15, 0.2) is 22.7 Å². The van der Waals surface area contributed by atoms with Crippen LogP contribution in [0.3, 0.4) is 0 Å². The Hall–Kier alpha value is -0.390. The maximum Gasteiger partial charge on any atom is 0.133 e. The summed E-state index contributed by atoms with van der Waals surface area (Å²) in [6, 6.07) is 5.58. The summed E-state index contributed by atoms with van der Waals surface area (Å²) >= 11 is 7.46. The van der Waals surface area contributed by atoms with Crippen LogP contribution in [-0.4, -0.2) is 32.7 Å². The number of halogens is 1. The largest absolute Gasteiger partial charge is 0.497 e. The molecule has 0 aliphatic rings. The van der Waals surface area contributed by atoms with E-state index in [1.807, 2.05) is 18.2 Å². The first-order valence-electron chi connectivity index (χ1n) is 4.93. The van der Waals surface area contributed by atoms with Crippen LogP contribution in [0, 0.1) is 0 Å². The van der Waals surface area contributed by atoms with Gasteiger partial charge in [-0.1, -0.05) is 0 Å². The van der Waals surface area contributed by atoms with Crippen molar-refractivity contribution in [1.82, 2.24) is 0 Å². The SMILES string of the molecule is COc1ccc(OCCOCCS)c(Br)c1. The Morgan fingerprint density at radius 1 is 1.25 bits per heavy atom. The average molecular weight is 307 g/mol. The molecule has 0 saturated carbocycles. The molecule has 0 amide bonds. The minimum atomic E-state index is 0.526. The van der Waals surface area contributed by atoms with Gasteiger partial charge >= 0.3 is 0 Å². The van der Waals surface area contributed by atoms with Gasteiger partial charge in [-0.05, 0) is 34.1 Å². The number of benzene rings is 1. The third-order valence-corrected chi connectivity index (χ3v) is 2.66.